The van der Waals surface area contributed by atoms with Gasteiger partial charge in [-0.15, -0.1) is 0 Å². The molecular weight excluding hydrogens is 544 g/mol. The van der Waals surface area contributed by atoms with Gasteiger partial charge in [-0.1, -0.05) is 127 Å². The molecule has 2 N–H and O–H groups in total. The molecule has 0 aliphatic heterocycles. The van der Waals surface area contributed by atoms with E-state index >= 15 is 0 Å². The summed E-state index contributed by atoms with van der Waals surface area (Å²) in [4.78, 5) is 0. The molecule has 2 heteroatoms. The van der Waals surface area contributed by atoms with Gasteiger partial charge in [0, 0.05) is 27.4 Å². The van der Waals surface area contributed by atoms with Crippen LogP contribution >= 0.6 is 0 Å². The van der Waals surface area contributed by atoms with Crippen molar-refractivity contribution in [3.63, 3.8) is 0 Å². The summed E-state index contributed by atoms with van der Waals surface area (Å²) in [5.74, 6) is 0. The van der Waals surface area contributed by atoms with Gasteiger partial charge in [0.2, 0.25) is 0 Å². The normalized spacial score (nSPS) is 12.5. The maximum atomic E-state index is 6.71. The average Bonchev–Trinajstić information content (AvgIpc) is 3.48. The van der Waals surface area contributed by atoms with E-state index in [0.29, 0.717) is 0 Å². The Morgan fingerprint density at radius 1 is 0.533 bits per heavy atom. The number of fused-ring (bicyclic) bond motifs is 8. The molecule has 0 aliphatic carbocycles. The van der Waals surface area contributed by atoms with Gasteiger partial charge >= 0.3 is 0 Å². The molecule has 0 aliphatic rings. The lowest BCUT2D eigenvalue weighted by atomic mass is 9.87. The number of aromatic nitrogens is 1. The van der Waals surface area contributed by atoms with Crippen LogP contribution in [0.2, 0.25) is 0 Å². The van der Waals surface area contributed by atoms with E-state index in [1.54, 1.807) is 0 Å². The van der Waals surface area contributed by atoms with E-state index in [2.05, 4.69) is 163 Å². The number of allylic oxidation sites excluding steroid dienone is 3. The second-order valence-electron chi connectivity index (χ2n) is 11.5. The molecule has 45 heavy (non-hydrogen) atoms. The van der Waals surface area contributed by atoms with Gasteiger partial charge in [-0.05, 0) is 82.1 Å². The third-order valence-electron chi connectivity index (χ3n) is 8.92. The smallest absolute Gasteiger partial charge is 0.0547 e. The van der Waals surface area contributed by atoms with Crippen LogP contribution in [-0.2, 0) is 0 Å². The molecule has 0 saturated heterocycles. The van der Waals surface area contributed by atoms with Crippen LogP contribution in [0.5, 0.6) is 0 Å². The summed E-state index contributed by atoms with van der Waals surface area (Å²) in [5, 5.41) is 4.94. The largest absolute Gasteiger partial charge is 0.398 e. The molecule has 2 heterocycles. The quantitative estimate of drug-likeness (QED) is 0.123. The first-order valence-corrected chi connectivity index (χ1v) is 15.4. The summed E-state index contributed by atoms with van der Waals surface area (Å²) < 4.78 is 2.44. The van der Waals surface area contributed by atoms with Crippen molar-refractivity contribution in [2.45, 2.75) is 6.92 Å². The van der Waals surface area contributed by atoms with Crippen LogP contribution in [0.3, 0.4) is 0 Å². The van der Waals surface area contributed by atoms with Crippen molar-refractivity contribution < 1.29 is 0 Å². The van der Waals surface area contributed by atoms with Crippen LogP contribution < -0.4 is 5.73 Å². The van der Waals surface area contributed by atoms with E-state index in [1.807, 2.05) is 12.1 Å². The van der Waals surface area contributed by atoms with Crippen LogP contribution in [0, 0.1) is 0 Å². The minimum absolute atomic E-state index is 0.763. The van der Waals surface area contributed by atoms with E-state index in [0.717, 1.165) is 39.1 Å². The molecule has 0 spiro atoms. The molecule has 6 aromatic carbocycles. The van der Waals surface area contributed by atoms with Gasteiger partial charge in [-0.2, -0.15) is 0 Å². The highest BCUT2D eigenvalue weighted by molar-refractivity contribution is 6.16. The average molecular weight is 577 g/mol. The van der Waals surface area contributed by atoms with Gasteiger partial charge in [0.25, 0.3) is 0 Å². The highest BCUT2D eigenvalue weighted by Crippen LogP contribution is 2.42. The Bertz CT molecular complexity index is 2430. The van der Waals surface area contributed by atoms with Gasteiger partial charge in [0.15, 0.2) is 0 Å². The number of benzene rings is 6. The van der Waals surface area contributed by atoms with Crippen molar-refractivity contribution in [1.29, 1.82) is 0 Å². The number of rotatable bonds is 5. The van der Waals surface area contributed by atoms with Crippen LogP contribution in [0.1, 0.15) is 23.6 Å². The van der Waals surface area contributed by atoms with Crippen LogP contribution in [0.4, 0.5) is 5.69 Å². The fourth-order valence-electron chi connectivity index (χ4n) is 6.79. The molecule has 2 nitrogen and oxygen atoms in total. The van der Waals surface area contributed by atoms with Crippen LogP contribution in [0.15, 0.2) is 164 Å². The second kappa shape index (κ2) is 11.0. The van der Waals surface area contributed by atoms with Crippen LogP contribution in [0.25, 0.3) is 60.4 Å². The zero-order valence-corrected chi connectivity index (χ0v) is 25.1. The molecule has 0 saturated carbocycles. The van der Waals surface area contributed by atoms with E-state index in [1.165, 1.54) is 43.7 Å². The molecule has 214 valence electrons. The molecule has 0 unspecified atom stereocenters. The van der Waals surface area contributed by atoms with Gasteiger partial charge in [-0.25, -0.2) is 0 Å². The number of nitrogen functional groups attached to an aromatic ring is 1. The lowest BCUT2D eigenvalue weighted by molar-refractivity contribution is 1.34. The lowest BCUT2D eigenvalue weighted by Gasteiger charge is -2.18. The van der Waals surface area contributed by atoms with Gasteiger partial charge in [-0.3, -0.25) is 0 Å². The van der Waals surface area contributed by atoms with E-state index in [9.17, 15) is 0 Å². The Hall–Kier alpha value is -5.86. The highest BCUT2D eigenvalue weighted by atomic mass is 14.9. The Morgan fingerprint density at radius 3 is 1.84 bits per heavy atom. The molecule has 0 atom stereocenters. The van der Waals surface area contributed by atoms with Crippen molar-refractivity contribution >= 4 is 54.9 Å². The van der Waals surface area contributed by atoms with Crippen LogP contribution in [-0.4, -0.2) is 4.40 Å². The number of pyridine rings is 1. The Morgan fingerprint density at radius 2 is 1.13 bits per heavy atom. The Balaban J connectivity index is 1.53. The Labute approximate surface area is 263 Å². The highest BCUT2D eigenvalue weighted by Gasteiger charge is 2.19. The summed E-state index contributed by atoms with van der Waals surface area (Å²) in [5.41, 5.74) is 19.0. The number of para-hydroxylation sites is 2. The summed E-state index contributed by atoms with van der Waals surface area (Å²) in [6.07, 6.45) is 4.53. The van der Waals surface area contributed by atoms with E-state index < -0.39 is 0 Å². The minimum atomic E-state index is 0.763. The SMILES string of the molecule is C/C=C(\C=C(c1ccccc1)c1cc2c(cc1-c1ccccc1N)cc1c3ccccc3c3ccccc3n21)c1ccccc1. The zero-order valence-electron chi connectivity index (χ0n) is 25.1. The first-order chi connectivity index (χ1) is 22.2. The van der Waals surface area contributed by atoms with Crippen molar-refractivity contribution in [1.82, 2.24) is 4.40 Å². The fraction of sp³-hybridized carbons (Fsp3) is 0.0233. The van der Waals surface area contributed by atoms with Gasteiger partial charge in [0.1, 0.15) is 0 Å². The standard InChI is InChI=1S/C43H32N2/c1-2-29(30-15-5-3-6-16-30)25-37(31-17-7-4-8-18-31)39-28-42-32(26-38(39)34-20-11-13-23-40(34)44)27-43-36-22-10-9-19-33(36)35-21-12-14-24-41(35)45(42)43/h2-28H,44H2,1H3/b29-2+,37-25?. The first kappa shape index (κ1) is 26.7. The summed E-state index contributed by atoms with van der Waals surface area (Å²) in [6.45, 7) is 2.11. The molecule has 2 aromatic heterocycles. The minimum Gasteiger partial charge on any atom is -0.398 e. The zero-order chi connectivity index (χ0) is 30.3. The molecule has 0 fully saturated rings. The number of nitrogens with zero attached hydrogens (tertiary/aromatic N) is 1. The summed E-state index contributed by atoms with van der Waals surface area (Å²) in [7, 11) is 0. The molecular formula is C43H32N2. The van der Waals surface area contributed by atoms with Gasteiger partial charge in [0.05, 0.1) is 16.6 Å². The maximum Gasteiger partial charge on any atom is 0.0547 e. The molecule has 0 radical (unpaired) electrons. The molecule has 0 amide bonds. The van der Waals surface area contributed by atoms with Gasteiger partial charge < -0.3 is 10.1 Å². The predicted octanol–water partition coefficient (Wildman–Crippen LogP) is 11.2. The molecule has 8 rings (SSSR count). The second-order valence-corrected chi connectivity index (χ2v) is 11.5. The summed E-state index contributed by atoms with van der Waals surface area (Å²) >= 11 is 0. The number of nitrogens with two attached hydrogens (primary N) is 1. The van der Waals surface area contributed by atoms with Crippen molar-refractivity contribution in [2.75, 3.05) is 5.73 Å². The van der Waals surface area contributed by atoms with E-state index in [-0.39, 0.29) is 0 Å². The molecule has 0 bridgehead atoms. The number of anilines is 1. The topological polar surface area (TPSA) is 30.4 Å². The monoisotopic (exact) mass is 576 g/mol. The number of hydrogen-bond donors (Lipinski definition) is 1. The molecule has 8 aromatic rings. The summed E-state index contributed by atoms with van der Waals surface area (Å²) in [6, 6.07) is 54.0. The maximum absolute atomic E-state index is 6.71. The third kappa shape index (κ3) is 4.51. The Kier molecular flexibility index (Phi) is 6.54. The van der Waals surface area contributed by atoms with Crippen molar-refractivity contribution in [2.24, 2.45) is 0 Å². The first-order valence-electron chi connectivity index (χ1n) is 15.4. The fourth-order valence-corrected chi connectivity index (χ4v) is 6.79. The third-order valence-corrected chi connectivity index (χ3v) is 8.92. The van der Waals surface area contributed by atoms with Crippen molar-refractivity contribution in [3.8, 4) is 11.1 Å². The lowest BCUT2D eigenvalue weighted by Crippen LogP contribution is -1.98. The number of hydrogen-bond acceptors (Lipinski definition) is 1. The van der Waals surface area contributed by atoms with Crippen molar-refractivity contribution in [3.05, 3.63) is 181 Å². The predicted molar refractivity (Wildman–Crippen MR) is 193 cm³/mol. The van der Waals surface area contributed by atoms with E-state index in [4.69, 9.17) is 5.73 Å².